The Morgan fingerprint density at radius 1 is 0.963 bits per heavy atom. The monoisotopic (exact) mass is 389 g/mol. The Kier molecular flexibility index (Phi) is 5.04. The highest BCUT2D eigenvalue weighted by atomic mass is 32.2. The van der Waals surface area contributed by atoms with Crippen molar-refractivity contribution in [3.8, 4) is 11.5 Å². The number of ether oxygens (including phenoxy) is 1. The van der Waals surface area contributed by atoms with Gasteiger partial charge in [0.2, 0.25) is 10.0 Å². The minimum atomic E-state index is -4.02. The molecule has 1 fully saturated rings. The van der Waals surface area contributed by atoms with Crippen LogP contribution in [0.1, 0.15) is 0 Å². The fourth-order valence-corrected chi connectivity index (χ4v) is 4.10. The van der Waals surface area contributed by atoms with Gasteiger partial charge in [0.05, 0.1) is 0 Å². The fourth-order valence-electron chi connectivity index (χ4n) is 2.65. The van der Waals surface area contributed by atoms with Crippen LogP contribution >= 0.6 is 0 Å². The molecule has 2 aromatic carbocycles. The summed E-state index contributed by atoms with van der Waals surface area (Å²) in [7, 11) is -1.31. The maximum absolute atomic E-state index is 12.6. The van der Waals surface area contributed by atoms with Gasteiger partial charge < -0.3 is 9.64 Å². The van der Waals surface area contributed by atoms with Crippen molar-refractivity contribution in [2.24, 2.45) is 0 Å². The van der Waals surface area contributed by atoms with Gasteiger partial charge in [0, 0.05) is 26.3 Å². The number of carbonyl (C=O) groups is 2. The van der Waals surface area contributed by atoms with Gasteiger partial charge in [-0.15, -0.1) is 0 Å². The Morgan fingerprint density at radius 2 is 1.56 bits per heavy atom. The van der Waals surface area contributed by atoms with Crippen molar-refractivity contribution < 1.29 is 22.7 Å². The number of para-hydroxylation sites is 1. The van der Waals surface area contributed by atoms with Crippen LogP contribution in [0.3, 0.4) is 0 Å². The number of sulfonamides is 1. The Hall–Kier alpha value is -3.07. The van der Waals surface area contributed by atoms with E-state index in [9.17, 15) is 18.0 Å². The van der Waals surface area contributed by atoms with E-state index in [1.54, 1.807) is 36.4 Å². The lowest BCUT2D eigenvalue weighted by molar-refractivity contribution is -0.129. The summed E-state index contributed by atoms with van der Waals surface area (Å²) >= 11 is 0. The molecule has 2 aromatic rings. The highest BCUT2D eigenvalue weighted by molar-refractivity contribution is 7.94. The smallest absolute Gasteiger partial charge is 0.326 e. The van der Waals surface area contributed by atoms with Crippen LogP contribution in [0.15, 0.2) is 54.6 Å². The number of nitrogens with zero attached hydrogens (tertiary/aromatic N) is 2. The molecule has 9 heteroatoms. The first-order valence-electron chi connectivity index (χ1n) is 8.15. The minimum absolute atomic E-state index is 0.202. The third-order valence-corrected chi connectivity index (χ3v) is 5.75. The van der Waals surface area contributed by atoms with Crippen LogP contribution < -0.4 is 9.46 Å². The number of hydrogen-bond acceptors (Lipinski definition) is 5. The standard InChI is InChI=1S/C18H19N3O5S/c1-20-12-16(17(22)21(2)18(20)23)27(24,25)19-13-8-10-15(11-9-13)26-14-6-4-3-5-7-14/h3-11,16,19H,12H2,1-2H3. The Balaban J connectivity index is 1.72. The summed E-state index contributed by atoms with van der Waals surface area (Å²) in [6.07, 6.45) is 0. The molecule has 1 atom stereocenters. The van der Waals surface area contributed by atoms with E-state index in [2.05, 4.69) is 4.72 Å². The van der Waals surface area contributed by atoms with Crippen LogP contribution in [0.5, 0.6) is 11.5 Å². The van der Waals surface area contributed by atoms with Crippen molar-refractivity contribution in [1.82, 2.24) is 9.80 Å². The van der Waals surface area contributed by atoms with E-state index in [1.165, 1.54) is 19.0 Å². The first kappa shape index (κ1) is 18.7. The molecule has 0 aromatic heterocycles. The molecule has 3 rings (SSSR count). The molecule has 0 saturated carbocycles. The summed E-state index contributed by atoms with van der Waals surface area (Å²) in [6.45, 7) is -0.202. The van der Waals surface area contributed by atoms with Gasteiger partial charge in [-0.3, -0.25) is 14.4 Å². The lowest BCUT2D eigenvalue weighted by atomic mass is 10.3. The second-order valence-corrected chi connectivity index (χ2v) is 8.00. The van der Waals surface area contributed by atoms with Crippen molar-refractivity contribution >= 4 is 27.6 Å². The number of anilines is 1. The van der Waals surface area contributed by atoms with Crippen LogP contribution in [0.4, 0.5) is 10.5 Å². The zero-order valence-electron chi connectivity index (χ0n) is 14.8. The lowest BCUT2D eigenvalue weighted by Gasteiger charge is -2.34. The number of benzene rings is 2. The summed E-state index contributed by atoms with van der Waals surface area (Å²) in [5.41, 5.74) is 0.297. The normalized spacial score (nSPS) is 17.8. The van der Waals surface area contributed by atoms with Crippen molar-refractivity contribution in [1.29, 1.82) is 0 Å². The highest BCUT2D eigenvalue weighted by Crippen LogP contribution is 2.24. The first-order chi connectivity index (χ1) is 12.8. The molecule has 0 bridgehead atoms. The fraction of sp³-hybridized carbons (Fsp3) is 0.222. The minimum Gasteiger partial charge on any atom is -0.457 e. The van der Waals surface area contributed by atoms with Crippen molar-refractivity contribution in [3.05, 3.63) is 54.6 Å². The Bertz CT molecular complexity index is 945. The number of amides is 3. The Morgan fingerprint density at radius 3 is 2.19 bits per heavy atom. The lowest BCUT2D eigenvalue weighted by Crippen LogP contribution is -2.59. The zero-order chi connectivity index (χ0) is 19.6. The van der Waals surface area contributed by atoms with Crippen molar-refractivity contribution in [2.75, 3.05) is 25.4 Å². The molecule has 1 heterocycles. The molecule has 8 nitrogen and oxygen atoms in total. The molecule has 3 amide bonds. The number of hydrogen-bond donors (Lipinski definition) is 1. The summed E-state index contributed by atoms with van der Waals surface area (Å²) in [5, 5.41) is -1.37. The van der Waals surface area contributed by atoms with Gasteiger partial charge in [0.15, 0.2) is 5.25 Å². The van der Waals surface area contributed by atoms with Gasteiger partial charge in [0.1, 0.15) is 11.5 Å². The molecule has 1 saturated heterocycles. The van der Waals surface area contributed by atoms with Gasteiger partial charge in [-0.1, -0.05) is 18.2 Å². The molecule has 0 aliphatic carbocycles. The van der Waals surface area contributed by atoms with Crippen LogP contribution in [0.25, 0.3) is 0 Å². The van der Waals surface area contributed by atoms with Crippen LogP contribution in [0, 0.1) is 0 Å². The molecule has 0 radical (unpaired) electrons. The highest BCUT2D eigenvalue weighted by Gasteiger charge is 2.43. The molecule has 142 valence electrons. The molecule has 1 aliphatic rings. The first-order valence-corrected chi connectivity index (χ1v) is 9.70. The van der Waals surface area contributed by atoms with Crippen molar-refractivity contribution in [2.45, 2.75) is 5.25 Å². The molecular formula is C18H19N3O5S. The van der Waals surface area contributed by atoms with E-state index in [4.69, 9.17) is 4.74 Å². The number of nitrogens with one attached hydrogen (secondary N) is 1. The van der Waals surface area contributed by atoms with Gasteiger partial charge in [-0.25, -0.2) is 13.2 Å². The number of imide groups is 1. The molecule has 1 aliphatic heterocycles. The SMILES string of the molecule is CN1CC(S(=O)(=O)Nc2ccc(Oc3ccccc3)cc2)C(=O)N(C)C1=O. The summed E-state index contributed by atoms with van der Waals surface area (Å²) in [6, 6.07) is 15.0. The third kappa shape index (κ3) is 4.03. The quantitative estimate of drug-likeness (QED) is 0.845. The second kappa shape index (κ2) is 7.28. The van der Waals surface area contributed by atoms with E-state index in [-0.39, 0.29) is 6.54 Å². The average molecular weight is 389 g/mol. The zero-order valence-corrected chi connectivity index (χ0v) is 15.6. The maximum atomic E-state index is 12.6. The van der Waals surface area contributed by atoms with E-state index in [0.29, 0.717) is 17.2 Å². The largest absolute Gasteiger partial charge is 0.457 e. The number of carbonyl (C=O) groups excluding carboxylic acids is 2. The van der Waals surface area contributed by atoms with Gasteiger partial charge in [-0.05, 0) is 36.4 Å². The van der Waals surface area contributed by atoms with E-state index in [1.807, 2.05) is 18.2 Å². The number of urea groups is 1. The Labute approximate surface area is 157 Å². The van der Waals surface area contributed by atoms with Gasteiger partial charge in [0.25, 0.3) is 5.91 Å². The van der Waals surface area contributed by atoms with Gasteiger partial charge in [-0.2, -0.15) is 0 Å². The van der Waals surface area contributed by atoms with E-state index < -0.39 is 27.2 Å². The predicted octanol–water partition coefficient (Wildman–Crippen LogP) is 2.11. The molecule has 1 N–H and O–H groups in total. The predicted molar refractivity (Wildman–Crippen MR) is 100 cm³/mol. The molecule has 0 spiro atoms. The third-order valence-electron chi connectivity index (χ3n) is 4.13. The topological polar surface area (TPSA) is 96.0 Å². The van der Waals surface area contributed by atoms with E-state index in [0.717, 1.165) is 4.90 Å². The van der Waals surface area contributed by atoms with Crippen LogP contribution in [-0.4, -0.2) is 56.0 Å². The van der Waals surface area contributed by atoms with Crippen LogP contribution in [0.2, 0.25) is 0 Å². The summed E-state index contributed by atoms with van der Waals surface area (Å²) in [4.78, 5) is 26.0. The van der Waals surface area contributed by atoms with E-state index >= 15 is 0 Å². The molecular weight excluding hydrogens is 370 g/mol. The summed E-state index contributed by atoms with van der Waals surface area (Å²) in [5.74, 6) is 0.451. The average Bonchev–Trinajstić information content (AvgIpc) is 2.65. The summed E-state index contributed by atoms with van der Waals surface area (Å²) < 4.78 is 33.3. The molecule has 1 unspecified atom stereocenters. The molecule has 27 heavy (non-hydrogen) atoms. The van der Waals surface area contributed by atoms with Gasteiger partial charge >= 0.3 is 6.03 Å². The second-order valence-electron chi connectivity index (χ2n) is 6.14. The number of rotatable bonds is 5. The maximum Gasteiger partial charge on any atom is 0.326 e. The van der Waals surface area contributed by atoms with Crippen LogP contribution in [-0.2, 0) is 14.8 Å². The van der Waals surface area contributed by atoms with Crippen molar-refractivity contribution in [3.63, 3.8) is 0 Å².